The lowest BCUT2D eigenvalue weighted by Gasteiger charge is -2.14. The van der Waals surface area contributed by atoms with Gasteiger partial charge in [0, 0.05) is 16.6 Å². The summed E-state index contributed by atoms with van der Waals surface area (Å²) in [6, 6.07) is 7.99. The van der Waals surface area contributed by atoms with Crippen molar-refractivity contribution in [1.82, 2.24) is 4.37 Å². The second-order valence-electron chi connectivity index (χ2n) is 3.94. The fraction of sp³-hybridized carbons (Fsp3) is 0.250. The number of nitrogen functional groups attached to an aromatic ring is 1. The molecule has 0 saturated carbocycles. The molecule has 0 aliphatic carbocycles. The van der Waals surface area contributed by atoms with Crippen molar-refractivity contribution >= 4 is 34.0 Å². The number of hydrogen-bond acceptors (Lipinski definition) is 4. The summed E-state index contributed by atoms with van der Waals surface area (Å²) in [5.41, 5.74) is 7.86. The van der Waals surface area contributed by atoms with E-state index in [0.29, 0.717) is 5.82 Å². The third kappa shape index (κ3) is 2.70. The van der Waals surface area contributed by atoms with Crippen molar-refractivity contribution in [1.29, 1.82) is 0 Å². The number of halogens is 1. The molecule has 1 atom stereocenters. The van der Waals surface area contributed by atoms with Gasteiger partial charge in [-0.2, -0.15) is 4.37 Å². The van der Waals surface area contributed by atoms with E-state index in [0.717, 1.165) is 21.2 Å². The molecule has 0 amide bonds. The van der Waals surface area contributed by atoms with Crippen LogP contribution in [-0.2, 0) is 0 Å². The Labute approximate surface area is 110 Å². The van der Waals surface area contributed by atoms with E-state index in [1.54, 1.807) is 0 Å². The molecule has 0 aliphatic rings. The zero-order chi connectivity index (χ0) is 12.4. The van der Waals surface area contributed by atoms with Crippen LogP contribution in [0.2, 0.25) is 5.02 Å². The SMILES string of the molecule is Cc1c(N)nsc1NC(C)c1cccc(Cl)c1. The Balaban J connectivity index is 2.17. The summed E-state index contributed by atoms with van der Waals surface area (Å²) in [5, 5.41) is 5.15. The number of benzene rings is 1. The van der Waals surface area contributed by atoms with Gasteiger partial charge in [0.25, 0.3) is 0 Å². The molecule has 2 aromatic rings. The van der Waals surface area contributed by atoms with Gasteiger partial charge in [0.2, 0.25) is 0 Å². The topological polar surface area (TPSA) is 50.9 Å². The fourth-order valence-electron chi connectivity index (χ4n) is 1.54. The Kier molecular flexibility index (Phi) is 3.54. The Morgan fingerprint density at radius 3 is 2.82 bits per heavy atom. The van der Waals surface area contributed by atoms with Gasteiger partial charge in [0.05, 0.1) is 0 Å². The molecule has 3 N–H and O–H groups in total. The van der Waals surface area contributed by atoms with Crippen molar-refractivity contribution in [2.45, 2.75) is 19.9 Å². The number of nitrogens with zero attached hydrogens (tertiary/aromatic N) is 1. The smallest absolute Gasteiger partial charge is 0.142 e. The van der Waals surface area contributed by atoms with Gasteiger partial charge in [-0.05, 0) is 43.1 Å². The normalized spacial score (nSPS) is 12.4. The largest absolute Gasteiger partial charge is 0.383 e. The third-order valence-corrected chi connectivity index (χ3v) is 3.79. The number of hydrogen-bond donors (Lipinski definition) is 2. The number of rotatable bonds is 3. The lowest BCUT2D eigenvalue weighted by Crippen LogP contribution is -2.06. The molecule has 2 rings (SSSR count). The molecule has 0 aliphatic heterocycles. The summed E-state index contributed by atoms with van der Waals surface area (Å²) in [5.74, 6) is 0.593. The first kappa shape index (κ1) is 12.2. The number of nitrogens with two attached hydrogens (primary N) is 1. The van der Waals surface area contributed by atoms with Crippen LogP contribution in [0.4, 0.5) is 10.8 Å². The molecule has 1 aromatic heterocycles. The number of aromatic nitrogens is 1. The molecule has 0 fully saturated rings. The molecule has 0 bridgehead atoms. The van der Waals surface area contributed by atoms with Gasteiger partial charge in [-0.3, -0.25) is 0 Å². The predicted octanol–water partition coefficient (Wildman–Crippen LogP) is 3.86. The Bertz CT molecular complexity index is 524. The molecule has 17 heavy (non-hydrogen) atoms. The van der Waals surface area contributed by atoms with E-state index in [1.807, 2.05) is 31.2 Å². The zero-order valence-corrected chi connectivity index (χ0v) is 11.3. The fourth-order valence-corrected chi connectivity index (χ4v) is 2.53. The minimum absolute atomic E-state index is 0.173. The molecule has 1 aromatic carbocycles. The van der Waals surface area contributed by atoms with E-state index in [2.05, 4.69) is 16.6 Å². The van der Waals surface area contributed by atoms with Crippen LogP contribution in [0, 0.1) is 6.92 Å². The third-order valence-electron chi connectivity index (χ3n) is 2.66. The van der Waals surface area contributed by atoms with Crippen LogP contribution in [0.15, 0.2) is 24.3 Å². The second-order valence-corrected chi connectivity index (χ2v) is 5.15. The first-order valence-electron chi connectivity index (χ1n) is 5.31. The van der Waals surface area contributed by atoms with E-state index >= 15 is 0 Å². The Morgan fingerprint density at radius 2 is 2.24 bits per heavy atom. The van der Waals surface area contributed by atoms with Crippen LogP contribution < -0.4 is 11.1 Å². The molecule has 0 spiro atoms. The highest BCUT2D eigenvalue weighted by atomic mass is 35.5. The van der Waals surface area contributed by atoms with Crippen molar-refractivity contribution in [3.8, 4) is 0 Å². The van der Waals surface area contributed by atoms with Gasteiger partial charge >= 0.3 is 0 Å². The summed E-state index contributed by atoms with van der Waals surface area (Å²) in [4.78, 5) is 0. The summed E-state index contributed by atoms with van der Waals surface area (Å²) in [6.45, 7) is 4.05. The van der Waals surface area contributed by atoms with Crippen molar-refractivity contribution < 1.29 is 0 Å². The van der Waals surface area contributed by atoms with Gasteiger partial charge < -0.3 is 11.1 Å². The molecule has 5 heteroatoms. The summed E-state index contributed by atoms with van der Waals surface area (Å²) in [7, 11) is 0. The molecule has 0 saturated heterocycles. The Morgan fingerprint density at radius 1 is 1.47 bits per heavy atom. The average molecular weight is 268 g/mol. The molecule has 3 nitrogen and oxygen atoms in total. The number of anilines is 2. The highest BCUT2D eigenvalue weighted by Gasteiger charge is 2.11. The maximum absolute atomic E-state index is 5.97. The van der Waals surface area contributed by atoms with Crippen LogP contribution in [0.5, 0.6) is 0 Å². The highest BCUT2D eigenvalue weighted by molar-refractivity contribution is 7.10. The predicted molar refractivity (Wildman–Crippen MR) is 74.8 cm³/mol. The number of nitrogens with one attached hydrogen (secondary N) is 1. The maximum Gasteiger partial charge on any atom is 0.142 e. The lowest BCUT2D eigenvalue weighted by atomic mass is 10.1. The van der Waals surface area contributed by atoms with Crippen LogP contribution in [0.25, 0.3) is 0 Å². The van der Waals surface area contributed by atoms with Gasteiger partial charge in [-0.1, -0.05) is 23.7 Å². The second kappa shape index (κ2) is 4.94. The molecular weight excluding hydrogens is 254 g/mol. The highest BCUT2D eigenvalue weighted by Crippen LogP contribution is 2.29. The van der Waals surface area contributed by atoms with Crippen molar-refractivity contribution in [2.75, 3.05) is 11.1 Å². The average Bonchev–Trinajstić information content (AvgIpc) is 2.61. The standard InChI is InChI=1S/C12H14ClN3S/c1-7-11(14)16-17-12(7)15-8(2)9-4-3-5-10(13)6-9/h3-6,8,15H,1-2H3,(H2,14,16). The summed E-state index contributed by atoms with van der Waals surface area (Å²) < 4.78 is 4.11. The van der Waals surface area contributed by atoms with Crippen LogP contribution in [0.1, 0.15) is 24.1 Å². The molecule has 1 heterocycles. The van der Waals surface area contributed by atoms with Gasteiger partial charge in [-0.15, -0.1) is 0 Å². The molecule has 0 radical (unpaired) electrons. The van der Waals surface area contributed by atoms with Crippen molar-refractivity contribution in [3.05, 3.63) is 40.4 Å². The lowest BCUT2D eigenvalue weighted by molar-refractivity contribution is 0.888. The van der Waals surface area contributed by atoms with Gasteiger partial charge in [0.15, 0.2) is 0 Å². The van der Waals surface area contributed by atoms with E-state index in [9.17, 15) is 0 Å². The van der Waals surface area contributed by atoms with Gasteiger partial charge in [-0.25, -0.2) is 0 Å². The first-order valence-corrected chi connectivity index (χ1v) is 6.47. The first-order chi connectivity index (χ1) is 8.08. The minimum atomic E-state index is 0.173. The van der Waals surface area contributed by atoms with Crippen LogP contribution in [0.3, 0.4) is 0 Å². The van der Waals surface area contributed by atoms with E-state index in [4.69, 9.17) is 17.3 Å². The van der Waals surface area contributed by atoms with Crippen LogP contribution in [-0.4, -0.2) is 4.37 Å². The van der Waals surface area contributed by atoms with Crippen LogP contribution >= 0.6 is 23.1 Å². The monoisotopic (exact) mass is 267 g/mol. The molecular formula is C12H14ClN3S. The maximum atomic E-state index is 5.97. The van der Waals surface area contributed by atoms with E-state index < -0.39 is 0 Å². The quantitative estimate of drug-likeness (QED) is 0.888. The Hall–Kier alpha value is -1.26. The van der Waals surface area contributed by atoms with E-state index in [-0.39, 0.29) is 6.04 Å². The minimum Gasteiger partial charge on any atom is -0.383 e. The van der Waals surface area contributed by atoms with Gasteiger partial charge in [0.1, 0.15) is 10.8 Å². The molecule has 90 valence electrons. The molecule has 1 unspecified atom stereocenters. The van der Waals surface area contributed by atoms with Crippen molar-refractivity contribution in [3.63, 3.8) is 0 Å². The van der Waals surface area contributed by atoms with E-state index in [1.165, 1.54) is 11.5 Å². The summed E-state index contributed by atoms with van der Waals surface area (Å²) in [6.07, 6.45) is 0. The van der Waals surface area contributed by atoms with Crippen molar-refractivity contribution in [2.24, 2.45) is 0 Å². The summed E-state index contributed by atoms with van der Waals surface area (Å²) >= 11 is 7.35. The zero-order valence-electron chi connectivity index (χ0n) is 9.70.